The molecule has 4 heteroatoms. The molecule has 2 aromatic heterocycles. The molecule has 0 saturated carbocycles. The minimum absolute atomic E-state index is 0.819. The van der Waals surface area contributed by atoms with E-state index in [4.69, 9.17) is 0 Å². The maximum Gasteiger partial charge on any atom is 0.0996 e. The summed E-state index contributed by atoms with van der Waals surface area (Å²) >= 11 is 0. The molecule has 0 bridgehead atoms. The molecule has 0 amide bonds. The van der Waals surface area contributed by atoms with Crippen molar-refractivity contribution in [1.29, 1.82) is 0 Å². The van der Waals surface area contributed by atoms with Crippen LogP contribution in [0.25, 0.3) is 5.52 Å². The molecule has 17 heavy (non-hydrogen) atoms. The molecule has 0 spiro atoms. The van der Waals surface area contributed by atoms with Crippen molar-refractivity contribution in [3.8, 4) is 0 Å². The van der Waals surface area contributed by atoms with E-state index < -0.39 is 0 Å². The van der Waals surface area contributed by atoms with E-state index >= 15 is 0 Å². The number of hydrogen-bond donors (Lipinski definition) is 1. The number of imidazole rings is 1. The Labute approximate surface area is 101 Å². The maximum absolute atomic E-state index is 4.43. The van der Waals surface area contributed by atoms with E-state index in [1.807, 2.05) is 13.4 Å². The Hall–Kier alpha value is -1.55. The Balaban J connectivity index is 2.00. The normalized spacial score (nSPS) is 15.9. The highest BCUT2D eigenvalue weighted by Gasteiger charge is 2.13. The van der Waals surface area contributed by atoms with Crippen molar-refractivity contribution in [2.24, 2.45) is 0 Å². The molecule has 0 atom stereocenters. The van der Waals surface area contributed by atoms with Crippen LogP contribution in [-0.2, 0) is 6.54 Å². The van der Waals surface area contributed by atoms with Gasteiger partial charge in [0.2, 0.25) is 0 Å². The molecule has 0 radical (unpaired) electrons. The average molecular weight is 230 g/mol. The van der Waals surface area contributed by atoms with Crippen molar-refractivity contribution in [3.05, 3.63) is 30.4 Å². The Morgan fingerprint density at radius 3 is 2.94 bits per heavy atom. The van der Waals surface area contributed by atoms with E-state index in [0.717, 1.165) is 12.2 Å². The third-order valence-electron chi connectivity index (χ3n) is 3.42. The van der Waals surface area contributed by atoms with Crippen molar-refractivity contribution in [1.82, 2.24) is 14.7 Å². The van der Waals surface area contributed by atoms with Gasteiger partial charge in [-0.3, -0.25) is 0 Å². The van der Waals surface area contributed by atoms with Gasteiger partial charge in [0.15, 0.2) is 0 Å². The third-order valence-corrected chi connectivity index (χ3v) is 3.42. The number of aromatic nitrogens is 2. The summed E-state index contributed by atoms with van der Waals surface area (Å²) in [6.45, 7) is 3.19. The molecule has 0 aromatic carbocycles. The number of nitrogens with zero attached hydrogens (tertiary/aromatic N) is 3. The largest absolute Gasteiger partial charge is 0.371 e. The highest BCUT2D eigenvalue weighted by atomic mass is 15.1. The summed E-state index contributed by atoms with van der Waals surface area (Å²) in [5.41, 5.74) is 3.66. The Morgan fingerprint density at radius 2 is 2.18 bits per heavy atom. The number of pyridine rings is 1. The highest BCUT2D eigenvalue weighted by molar-refractivity contribution is 5.62. The fraction of sp³-hybridized carbons (Fsp3) is 0.462. The van der Waals surface area contributed by atoms with Crippen LogP contribution in [0.1, 0.15) is 18.5 Å². The quantitative estimate of drug-likeness (QED) is 0.870. The maximum atomic E-state index is 4.43. The number of nitrogens with one attached hydrogen (secondary N) is 1. The van der Waals surface area contributed by atoms with Crippen LogP contribution >= 0.6 is 0 Å². The summed E-state index contributed by atoms with van der Waals surface area (Å²) in [4.78, 5) is 6.89. The average Bonchev–Trinajstić information content (AvgIpc) is 2.98. The molecule has 0 aliphatic carbocycles. The lowest BCUT2D eigenvalue weighted by atomic mass is 10.3. The van der Waals surface area contributed by atoms with Crippen LogP contribution in [0.3, 0.4) is 0 Å². The van der Waals surface area contributed by atoms with Gasteiger partial charge in [0.05, 0.1) is 17.5 Å². The number of fused-ring (bicyclic) bond motifs is 1. The molecule has 1 N–H and O–H groups in total. The number of rotatable bonds is 3. The minimum Gasteiger partial charge on any atom is -0.371 e. The Morgan fingerprint density at radius 1 is 1.35 bits per heavy atom. The second kappa shape index (κ2) is 4.37. The van der Waals surface area contributed by atoms with E-state index in [2.05, 4.69) is 37.9 Å². The van der Waals surface area contributed by atoms with Gasteiger partial charge in [-0.25, -0.2) is 4.98 Å². The van der Waals surface area contributed by atoms with Gasteiger partial charge in [-0.15, -0.1) is 0 Å². The van der Waals surface area contributed by atoms with Crippen molar-refractivity contribution in [3.63, 3.8) is 0 Å². The lowest BCUT2D eigenvalue weighted by Crippen LogP contribution is -2.17. The second-order valence-corrected chi connectivity index (χ2v) is 4.59. The lowest BCUT2D eigenvalue weighted by molar-refractivity contribution is 0.802. The molecule has 3 heterocycles. The van der Waals surface area contributed by atoms with Gasteiger partial charge in [-0.2, -0.15) is 0 Å². The van der Waals surface area contributed by atoms with Crippen LogP contribution in [0.15, 0.2) is 24.7 Å². The van der Waals surface area contributed by atoms with Crippen molar-refractivity contribution >= 4 is 11.2 Å². The molecule has 4 nitrogen and oxygen atoms in total. The Bertz CT molecular complexity index is 511. The van der Waals surface area contributed by atoms with E-state index in [-0.39, 0.29) is 0 Å². The van der Waals surface area contributed by atoms with Gasteiger partial charge < -0.3 is 14.6 Å². The zero-order valence-corrected chi connectivity index (χ0v) is 10.2. The predicted molar refractivity (Wildman–Crippen MR) is 69.4 cm³/mol. The minimum atomic E-state index is 0.819. The van der Waals surface area contributed by atoms with Crippen LogP contribution < -0.4 is 10.2 Å². The van der Waals surface area contributed by atoms with Crippen LogP contribution in [0, 0.1) is 0 Å². The topological polar surface area (TPSA) is 32.6 Å². The standard InChI is InChI=1S/C13H18N4/c1-14-9-12-13-8-11(16-5-2-3-6-16)4-7-17(13)10-15-12/h4,7-8,10,14H,2-3,5-6,9H2,1H3. The zero-order chi connectivity index (χ0) is 11.7. The van der Waals surface area contributed by atoms with E-state index in [1.54, 1.807) is 0 Å². The van der Waals surface area contributed by atoms with E-state index in [1.165, 1.54) is 37.1 Å². The smallest absolute Gasteiger partial charge is 0.0996 e. The van der Waals surface area contributed by atoms with Gasteiger partial charge in [0.1, 0.15) is 0 Å². The predicted octanol–water partition coefficient (Wildman–Crippen LogP) is 1.65. The Kier molecular flexibility index (Phi) is 2.73. The number of hydrogen-bond acceptors (Lipinski definition) is 3. The molecule has 1 aliphatic rings. The summed E-state index contributed by atoms with van der Waals surface area (Å²) in [5.74, 6) is 0. The van der Waals surface area contributed by atoms with Crippen LogP contribution in [0.4, 0.5) is 5.69 Å². The molecule has 1 aliphatic heterocycles. The molecule has 1 fully saturated rings. The molecule has 3 rings (SSSR count). The molecule has 2 aromatic rings. The molecular weight excluding hydrogens is 212 g/mol. The van der Waals surface area contributed by atoms with Gasteiger partial charge in [0.25, 0.3) is 0 Å². The molecular formula is C13H18N4. The first kappa shape index (κ1) is 10.6. The summed E-state index contributed by atoms with van der Waals surface area (Å²) < 4.78 is 2.09. The van der Waals surface area contributed by atoms with Gasteiger partial charge in [-0.05, 0) is 32.0 Å². The van der Waals surface area contributed by atoms with Crippen molar-refractivity contribution in [2.75, 3.05) is 25.0 Å². The van der Waals surface area contributed by atoms with Gasteiger partial charge >= 0.3 is 0 Å². The first-order valence-corrected chi connectivity index (χ1v) is 6.23. The van der Waals surface area contributed by atoms with Gasteiger partial charge in [-0.1, -0.05) is 0 Å². The summed E-state index contributed by atoms with van der Waals surface area (Å²) in [7, 11) is 1.95. The molecule has 1 saturated heterocycles. The fourth-order valence-corrected chi connectivity index (χ4v) is 2.51. The van der Waals surface area contributed by atoms with E-state index in [0.29, 0.717) is 0 Å². The molecule has 0 unspecified atom stereocenters. The lowest BCUT2D eigenvalue weighted by Gasteiger charge is -2.17. The van der Waals surface area contributed by atoms with Crippen LogP contribution in [0.2, 0.25) is 0 Å². The van der Waals surface area contributed by atoms with Crippen LogP contribution in [0.5, 0.6) is 0 Å². The monoisotopic (exact) mass is 230 g/mol. The second-order valence-electron chi connectivity index (χ2n) is 4.59. The third kappa shape index (κ3) is 1.89. The van der Waals surface area contributed by atoms with Crippen molar-refractivity contribution < 1.29 is 0 Å². The summed E-state index contributed by atoms with van der Waals surface area (Å²) in [6, 6.07) is 4.44. The first-order valence-electron chi connectivity index (χ1n) is 6.23. The van der Waals surface area contributed by atoms with Crippen LogP contribution in [-0.4, -0.2) is 29.5 Å². The van der Waals surface area contributed by atoms with Crippen molar-refractivity contribution in [2.45, 2.75) is 19.4 Å². The fourth-order valence-electron chi connectivity index (χ4n) is 2.51. The summed E-state index contributed by atoms with van der Waals surface area (Å²) in [6.07, 6.45) is 6.62. The SMILES string of the molecule is CNCc1ncn2ccc(N3CCCC3)cc12. The summed E-state index contributed by atoms with van der Waals surface area (Å²) in [5, 5.41) is 3.16. The van der Waals surface area contributed by atoms with E-state index in [9.17, 15) is 0 Å². The highest BCUT2D eigenvalue weighted by Crippen LogP contribution is 2.22. The number of anilines is 1. The first-order chi connectivity index (χ1) is 8.38. The molecule has 90 valence electrons. The van der Waals surface area contributed by atoms with Gasteiger partial charge in [0, 0.05) is 31.5 Å². The zero-order valence-electron chi connectivity index (χ0n) is 10.2.